The Morgan fingerprint density at radius 1 is 1.05 bits per heavy atom. The van der Waals surface area contributed by atoms with Crippen molar-refractivity contribution in [1.82, 2.24) is 0 Å². The van der Waals surface area contributed by atoms with Crippen molar-refractivity contribution in [3.8, 4) is 0 Å². The molecular formula is C16H14BrF2N. The molecule has 1 fully saturated rings. The quantitative estimate of drug-likeness (QED) is 0.822. The van der Waals surface area contributed by atoms with E-state index in [1.165, 1.54) is 11.6 Å². The Balaban J connectivity index is 1.65. The van der Waals surface area contributed by atoms with E-state index in [4.69, 9.17) is 0 Å². The summed E-state index contributed by atoms with van der Waals surface area (Å²) in [5.74, 6) is -0.605. The molecule has 3 rings (SSSR count). The van der Waals surface area contributed by atoms with Gasteiger partial charge in [0.25, 0.3) is 0 Å². The number of rotatable bonds is 3. The Morgan fingerprint density at radius 3 is 2.40 bits per heavy atom. The molecule has 2 aromatic rings. The van der Waals surface area contributed by atoms with Crippen LogP contribution in [0.4, 0.5) is 14.5 Å². The summed E-state index contributed by atoms with van der Waals surface area (Å²) in [5, 5.41) is 3.15. The Bertz CT molecular complexity index is 586. The van der Waals surface area contributed by atoms with Crippen molar-refractivity contribution in [3.63, 3.8) is 0 Å². The van der Waals surface area contributed by atoms with E-state index in [9.17, 15) is 8.78 Å². The molecule has 1 aliphatic rings. The van der Waals surface area contributed by atoms with Gasteiger partial charge in [-0.15, -0.1) is 0 Å². The van der Waals surface area contributed by atoms with Crippen LogP contribution >= 0.6 is 15.9 Å². The molecule has 0 radical (unpaired) electrons. The van der Waals surface area contributed by atoms with Crippen LogP contribution in [-0.4, -0.2) is 6.04 Å². The van der Waals surface area contributed by atoms with Gasteiger partial charge in [0.15, 0.2) is 0 Å². The predicted octanol–water partition coefficient (Wildman–Crippen LogP) is 5.09. The first kappa shape index (κ1) is 13.6. The van der Waals surface area contributed by atoms with Gasteiger partial charge < -0.3 is 5.32 Å². The molecule has 0 atom stereocenters. The van der Waals surface area contributed by atoms with E-state index in [0.29, 0.717) is 16.1 Å². The summed E-state index contributed by atoms with van der Waals surface area (Å²) in [4.78, 5) is 0. The summed E-state index contributed by atoms with van der Waals surface area (Å²) in [6.07, 6.45) is 1.93. The van der Waals surface area contributed by atoms with Crippen molar-refractivity contribution < 1.29 is 8.78 Å². The van der Waals surface area contributed by atoms with Crippen molar-refractivity contribution in [2.24, 2.45) is 0 Å². The van der Waals surface area contributed by atoms with Gasteiger partial charge in [-0.05, 0) is 46.3 Å². The van der Waals surface area contributed by atoms with Crippen LogP contribution in [0.2, 0.25) is 0 Å². The number of hydrogen-bond acceptors (Lipinski definition) is 1. The fourth-order valence-corrected chi connectivity index (χ4v) is 3.14. The molecule has 1 nitrogen and oxygen atoms in total. The van der Waals surface area contributed by atoms with Gasteiger partial charge >= 0.3 is 0 Å². The summed E-state index contributed by atoms with van der Waals surface area (Å²) >= 11 is 3.20. The highest BCUT2D eigenvalue weighted by Gasteiger charge is 2.31. The second-order valence-electron chi connectivity index (χ2n) is 5.16. The maximum Gasteiger partial charge on any atom is 0.150 e. The normalized spacial score (nSPS) is 21.4. The van der Waals surface area contributed by atoms with E-state index in [-0.39, 0.29) is 6.04 Å². The van der Waals surface area contributed by atoms with Crippen molar-refractivity contribution >= 4 is 21.6 Å². The Labute approximate surface area is 125 Å². The van der Waals surface area contributed by atoms with E-state index in [2.05, 4.69) is 33.4 Å². The summed E-state index contributed by atoms with van der Waals surface area (Å²) in [6.45, 7) is 0. The smallest absolute Gasteiger partial charge is 0.150 e. The second kappa shape index (κ2) is 5.52. The van der Waals surface area contributed by atoms with Crippen LogP contribution in [0.15, 0.2) is 46.9 Å². The van der Waals surface area contributed by atoms with Gasteiger partial charge in [0, 0.05) is 16.6 Å². The van der Waals surface area contributed by atoms with Gasteiger partial charge in [-0.25, -0.2) is 8.78 Å². The Hall–Kier alpha value is -1.42. The largest absolute Gasteiger partial charge is 0.379 e. The zero-order valence-electron chi connectivity index (χ0n) is 10.7. The summed E-state index contributed by atoms with van der Waals surface area (Å²) in [6, 6.07) is 12.7. The highest BCUT2D eigenvalue weighted by molar-refractivity contribution is 9.10. The number of anilines is 1. The molecule has 0 saturated heterocycles. The minimum Gasteiger partial charge on any atom is -0.379 e. The summed E-state index contributed by atoms with van der Waals surface area (Å²) < 4.78 is 27.2. The molecule has 0 aromatic heterocycles. The third kappa shape index (κ3) is 2.70. The number of benzene rings is 2. The minimum absolute atomic E-state index is 0.233. The number of hydrogen-bond donors (Lipinski definition) is 1. The van der Waals surface area contributed by atoms with E-state index < -0.39 is 11.6 Å². The zero-order valence-corrected chi connectivity index (χ0v) is 12.3. The Kier molecular flexibility index (Phi) is 3.74. The van der Waals surface area contributed by atoms with Crippen molar-refractivity contribution in [1.29, 1.82) is 0 Å². The monoisotopic (exact) mass is 337 g/mol. The molecule has 0 aliphatic heterocycles. The molecule has 4 heteroatoms. The summed E-state index contributed by atoms with van der Waals surface area (Å²) in [5.41, 5.74) is 1.67. The van der Waals surface area contributed by atoms with Crippen molar-refractivity contribution in [2.45, 2.75) is 24.8 Å². The third-order valence-electron chi connectivity index (χ3n) is 3.76. The molecule has 0 bridgehead atoms. The molecule has 104 valence electrons. The lowest BCUT2D eigenvalue weighted by Crippen LogP contribution is -2.34. The molecule has 1 saturated carbocycles. The molecule has 2 aromatic carbocycles. The van der Waals surface area contributed by atoms with Gasteiger partial charge in [0.1, 0.15) is 11.6 Å². The van der Waals surface area contributed by atoms with Crippen LogP contribution in [-0.2, 0) is 0 Å². The highest BCUT2D eigenvalue weighted by Crippen LogP contribution is 2.39. The average molecular weight is 338 g/mol. The first-order valence-corrected chi connectivity index (χ1v) is 7.39. The molecule has 0 amide bonds. The van der Waals surface area contributed by atoms with E-state index in [1.807, 2.05) is 18.2 Å². The molecule has 0 heterocycles. The molecule has 1 aliphatic carbocycles. The van der Waals surface area contributed by atoms with Crippen molar-refractivity contribution in [2.75, 3.05) is 5.32 Å². The van der Waals surface area contributed by atoms with Crippen LogP contribution in [0.25, 0.3) is 0 Å². The number of halogens is 3. The van der Waals surface area contributed by atoms with Gasteiger partial charge in [-0.3, -0.25) is 0 Å². The van der Waals surface area contributed by atoms with Gasteiger partial charge in [-0.1, -0.05) is 30.3 Å². The van der Waals surface area contributed by atoms with Crippen LogP contribution in [0.1, 0.15) is 24.3 Å². The van der Waals surface area contributed by atoms with Crippen molar-refractivity contribution in [3.05, 3.63) is 64.1 Å². The maximum atomic E-state index is 13.7. The first-order valence-electron chi connectivity index (χ1n) is 6.59. The van der Waals surface area contributed by atoms with Gasteiger partial charge in [-0.2, -0.15) is 0 Å². The molecule has 20 heavy (non-hydrogen) atoms. The minimum atomic E-state index is -0.573. The third-order valence-corrected chi connectivity index (χ3v) is 4.39. The maximum absolute atomic E-state index is 13.7. The molecule has 1 N–H and O–H groups in total. The number of nitrogens with one attached hydrogen (secondary N) is 1. The van der Waals surface area contributed by atoms with Crippen LogP contribution in [0.3, 0.4) is 0 Å². The molecular weight excluding hydrogens is 324 g/mol. The van der Waals surface area contributed by atoms with Crippen LogP contribution in [0.5, 0.6) is 0 Å². The van der Waals surface area contributed by atoms with E-state index >= 15 is 0 Å². The van der Waals surface area contributed by atoms with E-state index in [0.717, 1.165) is 18.9 Å². The predicted molar refractivity (Wildman–Crippen MR) is 79.9 cm³/mol. The second-order valence-corrected chi connectivity index (χ2v) is 6.02. The fraction of sp³-hybridized carbons (Fsp3) is 0.250. The van der Waals surface area contributed by atoms with E-state index in [1.54, 1.807) is 0 Å². The highest BCUT2D eigenvalue weighted by atomic mass is 79.9. The summed E-state index contributed by atoms with van der Waals surface area (Å²) in [7, 11) is 0. The lowest BCUT2D eigenvalue weighted by molar-refractivity contribution is 0.372. The fourth-order valence-electron chi connectivity index (χ4n) is 2.62. The average Bonchev–Trinajstić information content (AvgIpc) is 2.36. The SMILES string of the molecule is Fc1cc(F)c(NC2CC(c3ccccc3)C2)c(Br)c1. The van der Waals surface area contributed by atoms with Gasteiger partial charge in [0.05, 0.1) is 5.69 Å². The first-order chi connectivity index (χ1) is 9.63. The van der Waals surface area contributed by atoms with Crippen LogP contribution < -0.4 is 5.32 Å². The topological polar surface area (TPSA) is 12.0 Å². The van der Waals surface area contributed by atoms with Gasteiger partial charge in [0.2, 0.25) is 0 Å². The lowest BCUT2D eigenvalue weighted by Gasteiger charge is -2.37. The molecule has 0 spiro atoms. The lowest BCUT2D eigenvalue weighted by atomic mass is 9.76. The molecule has 0 unspecified atom stereocenters. The zero-order chi connectivity index (χ0) is 14.1. The Morgan fingerprint density at radius 2 is 1.75 bits per heavy atom. The van der Waals surface area contributed by atoms with Crippen LogP contribution in [0, 0.1) is 11.6 Å². The standard InChI is InChI=1S/C16H14BrF2N/c17-14-8-12(18)9-15(19)16(14)20-13-6-11(7-13)10-4-2-1-3-5-10/h1-5,8-9,11,13,20H,6-7H2.